The van der Waals surface area contributed by atoms with Crippen molar-refractivity contribution in [2.45, 2.75) is 31.9 Å². The van der Waals surface area contributed by atoms with Crippen molar-refractivity contribution in [1.29, 1.82) is 0 Å². The van der Waals surface area contributed by atoms with E-state index in [4.69, 9.17) is 27.9 Å². The Hall–Kier alpha value is -1.71. The molecule has 3 rings (SSSR count). The van der Waals surface area contributed by atoms with Gasteiger partial charge in [0.05, 0.1) is 16.6 Å². The number of carbonyl (C=O) groups excluding carboxylic acids is 1. The summed E-state index contributed by atoms with van der Waals surface area (Å²) < 4.78 is 5.98. The van der Waals surface area contributed by atoms with Crippen LogP contribution in [0.15, 0.2) is 42.5 Å². The summed E-state index contributed by atoms with van der Waals surface area (Å²) in [5.41, 5.74) is 1.04. The Balaban J connectivity index is 1.88. The molecule has 5 heteroatoms. The first-order valence-electron chi connectivity index (χ1n) is 7.39. The van der Waals surface area contributed by atoms with Crippen molar-refractivity contribution in [2.75, 3.05) is 0 Å². The van der Waals surface area contributed by atoms with Crippen LogP contribution in [0.25, 0.3) is 0 Å². The summed E-state index contributed by atoms with van der Waals surface area (Å²) in [4.78, 5) is 12.6. The van der Waals surface area contributed by atoms with Gasteiger partial charge in [-0.2, -0.15) is 0 Å². The van der Waals surface area contributed by atoms with Crippen LogP contribution >= 0.6 is 23.2 Å². The molecule has 1 amide bonds. The van der Waals surface area contributed by atoms with E-state index < -0.39 is 0 Å². The van der Waals surface area contributed by atoms with Crippen LogP contribution in [0.5, 0.6) is 5.75 Å². The van der Waals surface area contributed by atoms with Crippen molar-refractivity contribution >= 4 is 29.1 Å². The molecule has 0 spiro atoms. The van der Waals surface area contributed by atoms with Crippen LogP contribution in [0.3, 0.4) is 0 Å². The van der Waals surface area contributed by atoms with Gasteiger partial charge in [0.2, 0.25) is 0 Å². The Morgan fingerprint density at radius 3 is 2.70 bits per heavy atom. The van der Waals surface area contributed by atoms with Crippen LogP contribution in [0, 0.1) is 0 Å². The zero-order chi connectivity index (χ0) is 16.6. The fraction of sp³-hybridized carbons (Fsp3) is 0.278. The van der Waals surface area contributed by atoms with Crippen molar-refractivity contribution in [2.24, 2.45) is 0 Å². The first-order valence-corrected chi connectivity index (χ1v) is 8.15. The van der Waals surface area contributed by atoms with Gasteiger partial charge < -0.3 is 10.1 Å². The summed E-state index contributed by atoms with van der Waals surface area (Å²) in [5.74, 6) is 0.584. The second-order valence-corrected chi connectivity index (χ2v) is 7.10. The summed E-state index contributed by atoms with van der Waals surface area (Å²) >= 11 is 12.0. The van der Waals surface area contributed by atoms with Gasteiger partial charge in [-0.25, -0.2) is 0 Å². The minimum absolute atomic E-state index is 0.130. The molecule has 1 N–H and O–H groups in total. The molecule has 0 radical (unpaired) electrons. The third-order valence-corrected chi connectivity index (χ3v) is 4.41. The SMILES string of the molecule is CC1(C)C[C@@H](NC(=O)c2ccc(Cl)cc2Cl)c2ccccc2O1. The summed E-state index contributed by atoms with van der Waals surface area (Å²) in [6.07, 6.45) is 0.682. The van der Waals surface area contributed by atoms with Gasteiger partial charge in [-0.3, -0.25) is 4.79 Å². The molecule has 0 saturated carbocycles. The largest absolute Gasteiger partial charge is 0.487 e. The monoisotopic (exact) mass is 349 g/mol. The van der Waals surface area contributed by atoms with Crippen LogP contribution in [-0.4, -0.2) is 11.5 Å². The molecular formula is C18H17Cl2NO2. The maximum absolute atomic E-state index is 12.6. The molecule has 0 fully saturated rings. The number of fused-ring (bicyclic) bond motifs is 1. The number of rotatable bonds is 2. The summed E-state index contributed by atoms with van der Waals surface area (Å²) in [5, 5.41) is 3.91. The Labute approximate surface area is 145 Å². The molecule has 23 heavy (non-hydrogen) atoms. The fourth-order valence-corrected chi connectivity index (χ4v) is 3.33. The third-order valence-electron chi connectivity index (χ3n) is 3.86. The maximum atomic E-state index is 12.6. The van der Waals surface area contributed by atoms with E-state index in [0.29, 0.717) is 22.0 Å². The number of nitrogens with one attached hydrogen (secondary N) is 1. The van der Waals surface area contributed by atoms with E-state index in [1.807, 2.05) is 38.1 Å². The topological polar surface area (TPSA) is 38.3 Å². The Kier molecular flexibility index (Phi) is 4.26. The average molecular weight is 350 g/mol. The molecule has 0 saturated heterocycles. The summed E-state index contributed by atoms with van der Waals surface area (Å²) in [6.45, 7) is 4.02. The quantitative estimate of drug-likeness (QED) is 0.825. The molecule has 2 aromatic rings. The van der Waals surface area contributed by atoms with Gasteiger partial charge in [0.1, 0.15) is 11.4 Å². The highest BCUT2D eigenvalue weighted by Gasteiger charge is 2.34. The second-order valence-electron chi connectivity index (χ2n) is 6.25. The predicted molar refractivity (Wildman–Crippen MR) is 92.4 cm³/mol. The highest BCUT2D eigenvalue weighted by molar-refractivity contribution is 6.36. The van der Waals surface area contributed by atoms with Gasteiger partial charge in [-0.1, -0.05) is 41.4 Å². The molecule has 1 atom stereocenters. The van der Waals surface area contributed by atoms with Gasteiger partial charge in [0, 0.05) is 17.0 Å². The minimum Gasteiger partial charge on any atom is -0.487 e. The normalized spacial score (nSPS) is 18.7. The van der Waals surface area contributed by atoms with Crippen LogP contribution < -0.4 is 10.1 Å². The van der Waals surface area contributed by atoms with Gasteiger partial charge in [0.15, 0.2) is 0 Å². The lowest BCUT2D eigenvalue weighted by atomic mass is 9.89. The van der Waals surface area contributed by atoms with E-state index in [1.165, 1.54) is 0 Å². The molecule has 0 aliphatic carbocycles. The van der Waals surface area contributed by atoms with E-state index >= 15 is 0 Å². The molecule has 3 nitrogen and oxygen atoms in total. The molecule has 0 aromatic heterocycles. The predicted octanol–water partition coefficient (Wildman–Crippen LogP) is 5.03. The molecule has 120 valence electrons. The molecule has 0 bridgehead atoms. The van der Waals surface area contributed by atoms with Gasteiger partial charge in [-0.05, 0) is 38.1 Å². The van der Waals surface area contributed by atoms with E-state index in [-0.39, 0.29) is 17.6 Å². The van der Waals surface area contributed by atoms with E-state index in [1.54, 1.807) is 18.2 Å². The first kappa shape index (κ1) is 16.2. The highest BCUT2D eigenvalue weighted by Crippen LogP contribution is 2.39. The number of hydrogen-bond acceptors (Lipinski definition) is 2. The molecular weight excluding hydrogens is 333 g/mol. The van der Waals surface area contributed by atoms with Crippen LogP contribution in [0.4, 0.5) is 0 Å². The summed E-state index contributed by atoms with van der Waals surface area (Å²) in [6, 6.07) is 12.5. The zero-order valence-corrected chi connectivity index (χ0v) is 14.4. The molecule has 1 aliphatic heterocycles. The van der Waals surface area contributed by atoms with Gasteiger partial charge in [0.25, 0.3) is 5.91 Å². The number of hydrogen-bond donors (Lipinski definition) is 1. The van der Waals surface area contributed by atoms with Crippen molar-refractivity contribution < 1.29 is 9.53 Å². The van der Waals surface area contributed by atoms with Crippen LogP contribution in [-0.2, 0) is 0 Å². The number of carbonyl (C=O) groups is 1. The average Bonchev–Trinajstić information content (AvgIpc) is 2.45. The van der Waals surface area contributed by atoms with E-state index in [0.717, 1.165) is 11.3 Å². The maximum Gasteiger partial charge on any atom is 0.253 e. The minimum atomic E-state index is -0.351. The zero-order valence-electron chi connectivity index (χ0n) is 12.9. The van der Waals surface area contributed by atoms with Crippen molar-refractivity contribution in [3.8, 4) is 5.75 Å². The summed E-state index contributed by atoms with van der Waals surface area (Å²) in [7, 11) is 0. The van der Waals surface area contributed by atoms with Crippen molar-refractivity contribution in [3.05, 3.63) is 63.6 Å². The smallest absolute Gasteiger partial charge is 0.253 e. The lowest BCUT2D eigenvalue weighted by molar-refractivity contribution is 0.0620. The number of ether oxygens (including phenoxy) is 1. The lowest BCUT2D eigenvalue weighted by Gasteiger charge is -2.37. The number of halogens is 2. The van der Waals surface area contributed by atoms with Crippen LogP contribution in [0.2, 0.25) is 10.0 Å². The lowest BCUT2D eigenvalue weighted by Crippen LogP contribution is -2.41. The number of benzene rings is 2. The number of amides is 1. The Morgan fingerprint density at radius 2 is 1.96 bits per heavy atom. The van der Waals surface area contributed by atoms with Crippen molar-refractivity contribution in [1.82, 2.24) is 5.32 Å². The second kappa shape index (κ2) is 6.06. The molecule has 1 aliphatic rings. The Morgan fingerprint density at radius 1 is 1.22 bits per heavy atom. The van der Waals surface area contributed by atoms with Crippen LogP contribution in [0.1, 0.15) is 42.2 Å². The van der Waals surface area contributed by atoms with Gasteiger partial charge in [-0.15, -0.1) is 0 Å². The number of para-hydroxylation sites is 1. The first-order chi connectivity index (χ1) is 10.9. The van der Waals surface area contributed by atoms with E-state index in [9.17, 15) is 4.79 Å². The Bertz CT molecular complexity index is 758. The highest BCUT2D eigenvalue weighted by atomic mass is 35.5. The fourth-order valence-electron chi connectivity index (χ4n) is 2.84. The third kappa shape index (κ3) is 3.46. The molecule has 1 heterocycles. The molecule has 0 unspecified atom stereocenters. The van der Waals surface area contributed by atoms with E-state index in [2.05, 4.69) is 5.32 Å². The van der Waals surface area contributed by atoms with Gasteiger partial charge >= 0.3 is 0 Å². The van der Waals surface area contributed by atoms with Crippen molar-refractivity contribution in [3.63, 3.8) is 0 Å². The standard InChI is InChI=1S/C18H17Cl2NO2/c1-18(2)10-15(13-5-3-4-6-16(13)23-18)21-17(22)12-8-7-11(19)9-14(12)20/h3-9,15H,10H2,1-2H3,(H,21,22)/t15-/m1/s1. The molecule has 2 aromatic carbocycles.